The van der Waals surface area contributed by atoms with Crippen molar-refractivity contribution in [3.63, 3.8) is 0 Å². The lowest BCUT2D eigenvalue weighted by Crippen LogP contribution is -2.26. The van der Waals surface area contributed by atoms with E-state index in [9.17, 15) is 0 Å². The van der Waals surface area contributed by atoms with Crippen LogP contribution in [0.25, 0.3) is 0 Å². The molecule has 0 atom stereocenters. The van der Waals surface area contributed by atoms with Crippen molar-refractivity contribution in [3.8, 4) is 5.75 Å². The lowest BCUT2D eigenvalue weighted by molar-refractivity contribution is -0.0238. The predicted octanol–water partition coefficient (Wildman–Crippen LogP) is 4.57. The first-order chi connectivity index (χ1) is 8.74. The first-order valence-corrected chi connectivity index (χ1v) is 7.12. The fourth-order valence-corrected chi connectivity index (χ4v) is 1.93. The number of benzene rings is 1. The Balaban J connectivity index is 2.47. The fourth-order valence-electron chi connectivity index (χ4n) is 1.93. The third-order valence-electron chi connectivity index (χ3n) is 3.23. The van der Waals surface area contributed by atoms with E-state index in [1.54, 1.807) is 0 Å². The van der Waals surface area contributed by atoms with Crippen molar-refractivity contribution in [2.24, 2.45) is 0 Å². The minimum Gasteiger partial charge on any atom is -0.493 e. The van der Waals surface area contributed by atoms with Gasteiger partial charge in [0, 0.05) is 13.0 Å². The SMILES string of the molecule is CCOC(C)(C)CCOc1ccc(C(C)(C)C)cc1. The van der Waals surface area contributed by atoms with Crippen molar-refractivity contribution in [2.45, 2.75) is 59.0 Å². The van der Waals surface area contributed by atoms with Crippen LogP contribution in [-0.4, -0.2) is 18.8 Å². The van der Waals surface area contributed by atoms with Gasteiger partial charge >= 0.3 is 0 Å². The Morgan fingerprint density at radius 3 is 2.00 bits per heavy atom. The number of rotatable bonds is 6. The van der Waals surface area contributed by atoms with E-state index >= 15 is 0 Å². The Labute approximate surface area is 118 Å². The molecule has 19 heavy (non-hydrogen) atoms. The van der Waals surface area contributed by atoms with Crippen LogP contribution in [0.5, 0.6) is 5.75 Å². The molecule has 0 N–H and O–H groups in total. The van der Waals surface area contributed by atoms with Crippen LogP contribution in [0.2, 0.25) is 0 Å². The molecule has 0 aliphatic heterocycles. The van der Waals surface area contributed by atoms with Gasteiger partial charge < -0.3 is 9.47 Å². The van der Waals surface area contributed by atoms with Gasteiger partial charge in [-0.15, -0.1) is 0 Å². The summed E-state index contributed by atoms with van der Waals surface area (Å²) in [6.45, 7) is 14.3. The predicted molar refractivity (Wildman–Crippen MR) is 81.0 cm³/mol. The molecule has 0 saturated heterocycles. The van der Waals surface area contributed by atoms with Gasteiger partial charge in [0.15, 0.2) is 0 Å². The Morgan fingerprint density at radius 2 is 1.53 bits per heavy atom. The molecular formula is C17H28O2. The third kappa shape index (κ3) is 5.65. The smallest absolute Gasteiger partial charge is 0.119 e. The lowest BCUT2D eigenvalue weighted by atomic mass is 9.87. The molecule has 1 rings (SSSR count). The van der Waals surface area contributed by atoms with E-state index in [4.69, 9.17) is 9.47 Å². The molecule has 1 aromatic carbocycles. The monoisotopic (exact) mass is 264 g/mol. The molecule has 0 saturated carbocycles. The van der Waals surface area contributed by atoms with Gasteiger partial charge in [0.25, 0.3) is 0 Å². The van der Waals surface area contributed by atoms with Crippen LogP contribution in [0.3, 0.4) is 0 Å². The molecule has 0 amide bonds. The topological polar surface area (TPSA) is 18.5 Å². The zero-order valence-electron chi connectivity index (χ0n) is 13.2. The van der Waals surface area contributed by atoms with Crippen molar-refractivity contribution >= 4 is 0 Å². The van der Waals surface area contributed by atoms with Gasteiger partial charge in [0.2, 0.25) is 0 Å². The average Bonchev–Trinajstić information content (AvgIpc) is 2.28. The van der Waals surface area contributed by atoms with Gasteiger partial charge in [-0.1, -0.05) is 32.9 Å². The molecule has 0 aliphatic carbocycles. The Morgan fingerprint density at radius 1 is 0.947 bits per heavy atom. The highest BCUT2D eigenvalue weighted by atomic mass is 16.5. The lowest BCUT2D eigenvalue weighted by Gasteiger charge is -2.24. The second kappa shape index (κ2) is 6.42. The largest absolute Gasteiger partial charge is 0.493 e. The quantitative estimate of drug-likeness (QED) is 0.749. The van der Waals surface area contributed by atoms with E-state index in [1.165, 1.54) is 5.56 Å². The van der Waals surface area contributed by atoms with Crippen LogP contribution in [0.4, 0.5) is 0 Å². The normalized spacial score (nSPS) is 12.5. The van der Waals surface area contributed by atoms with Gasteiger partial charge in [-0.2, -0.15) is 0 Å². The molecule has 0 radical (unpaired) electrons. The second-order valence-corrected chi connectivity index (χ2v) is 6.57. The minimum absolute atomic E-state index is 0.111. The highest BCUT2D eigenvalue weighted by Crippen LogP contribution is 2.24. The van der Waals surface area contributed by atoms with Crippen molar-refractivity contribution < 1.29 is 9.47 Å². The number of hydrogen-bond donors (Lipinski definition) is 0. The molecule has 0 spiro atoms. The summed E-state index contributed by atoms with van der Waals surface area (Å²) in [5.74, 6) is 0.931. The fraction of sp³-hybridized carbons (Fsp3) is 0.647. The van der Waals surface area contributed by atoms with Crippen LogP contribution in [0.1, 0.15) is 53.5 Å². The summed E-state index contributed by atoms with van der Waals surface area (Å²) in [5, 5.41) is 0. The summed E-state index contributed by atoms with van der Waals surface area (Å²) in [7, 11) is 0. The molecule has 2 heteroatoms. The standard InChI is InChI=1S/C17H28O2/c1-7-19-17(5,6)12-13-18-15-10-8-14(9-11-15)16(2,3)4/h8-11H,7,12-13H2,1-6H3. The van der Waals surface area contributed by atoms with Crippen molar-refractivity contribution in [2.75, 3.05) is 13.2 Å². The molecular weight excluding hydrogens is 236 g/mol. The van der Waals surface area contributed by atoms with Crippen LogP contribution in [-0.2, 0) is 10.2 Å². The molecule has 0 unspecified atom stereocenters. The summed E-state index contributed by atoms with van der Waals surface area (Å²) >= 11 is 0. The molecule has 0 fully saturated rings. The van der Waals surface area contributed by atoms with Crippen LogP contribution in [0, 0.1) is 0 Å². The van der Waals surface area contributed by atoms with Crippen LogP contribution < -0.4 is 4.74 Å². The summed E-state index contributed by atoms with van der Waals surface area (Å²) in [6, 6.07) is 8.38. The highest BCUT2D eigenvalue weighted by Gasteiger charge is 2.17. The second-order valence-electron chi connectivity index (χ2n) is 6.57. The van der Waals surface area contributed by atoms with Gasteiger partial charge in [0.05, 0.1) is 12.2 Å². The van der Waals surface area contributed by atoms with Gasteiger partial charge in [-0.05, 0) is 43.9 Å². The summed E-state index contributed by atoms with van der Waals surface area (Å²) in [6.07, 6.45) is 0.891. The van der Waals surface area contributed by atoms with E-state index in [2.05, 4.69) is 46.8 Å². The van der Waals surface area contributed by atoms with Crippen LogP contribution in [0.15, 0.2) is 24.3 Å². The van der Waals surface area contributed by atoms with E-state index in [0.29, 0.717) is 6.61 Å². The van der Waals surface area contributed by atoms with E-state index < -0.39 is 0 Å². The molecule has 2 nitrogen and oxygen atoms in total. The van der Waals surface area contributed by atoms with Crippen molar-refractivity contribution in [1.82, 2.24) is 0 Å². The maximum atomic E-state index is 5.78. The maximum absolute atomic E-state index is 5.78. The average molecular weight is 264 g/mol. The third-order valence-corrected chi connectivity index (χ3v) is 3.23. The zero-order valence-corrected chi connectivity index (χ0v) is 13.2. The van der Waals surface area contributed by atoms with Crippen molar-refractivity contribution in [1.29, 1.82) is 0 Å². The van der Waals surface area contributed by atoms with Crippen molar-refractivity contribution in [3.05, 3.63) is 29.8 Å². The van der Waals surface area contributed by atoms with Gasteiger partial charge in [0.1, 0.15) is 5.75 Å². The van der Waals surface area contributed by atoms with Gasteiger partial charge in [-0.25, -0.2) is 0 Å². The first-order valence-electron chi connectivity index (χ1n) is 7.12. The first kappa shape index (κ1) is 16.0. The van der Waals surface area contributed by atoms with E-state index in [0.717, 1.165) is 18.8 Å². The van der Waals surface area contributed by atoms with E-state index in [-0.39, 0.29) is 11.0 Å². The summed E-state index contributed by atoms with van der Waals surface area (Å²) in [4.78, 5) is 0. The minimum atomic E-state index is -0.111. The highest BCUT2D eigenvalue weighted by molar-refractivity contribution is 5.31. The molecule has 0 bridgehead atoms. The Kier molecular flexibility index (Phi) is 5.42. The Bertz CT molecular complexity index is 371. The molecule has 1 aromatic rings. The molecule has 0 heterocycles. The van der Waals surface area contributed by atoms with Crippen LogP contribution >= 0.6 is 0 Å². The number of hydrogen-bond acceptors (Lipinski definition) is 2. The molecule has 108 valence electrons. The molecule has 0 aliphatic rings. The molecule has 0 aromatic heterocycles. The summed E-state index contributed by atoms with van der Waals surface area (Å²) in [5.41, 5.74) is 1.41. The van der Waals surface area contributed by atoms with Gasteiger partial charge in [-0.3, -0.25) is 0 Å². The maximum Gasteiger partial charge on any atom is 0.119 e. The Hall–Kier alpha value is -1.02. The summed E-state index contributed by atoms with van der Waals surface area (Å²) < 4.78 is 11.4. The zero-order chi connectivity index (χ0) is 14.5. The van der Waals surface area contributed by atoms with E-state index in [1.807, 2.05) is 19.1 Å². The number of ether oxygens (including phenoxy) is 2.